The molecule has 0 aromatic heterocycles. The molecule has 2 aromatic carbocycles. The van der Waals surface area contributed by atoms with Crippen molar-refractivity contribution >= 4 is 39.3 Å². The van der Waals surface area contributed by atoms with Gasteiger partial charge in [0, 0.05) is 17.6 Å². The Labute approximate surface area is 189 Å². The highest BCUT2D eigenvalue weighted by Crippen LogP contribution is 2.27. The van der Waals surface area contributed by atoms with Crippen LogP contribution >= 0.6 is 27.5 Å². The fraction of sp³-hybridized carbons (Fsp3) is 0.364. The van der Waals surface area contributed by atoms with Crippen LogP contribution in [0.1, 0.15) is 32.3 Å². The van der Waals surface area contributed by atoms with E-state index in [4.69, 9.17) is 16.3 Å². The fourth-order valence-electron chi connectivity index (χ4n) is 2.72. The fourth-order valence-corrected chi connectivity index (χ4v) is 3.45. The lowest BCUT2D eigenvalue weighted by molar-refractivity contribution is -0.142. The molecule has 1 atom stereocenters. The molecule has 0 radical (unpaired) electrons. The normalized spacial score (nSPS) is 11.6. The van der Waals surface area contributed by atoms with Gasteiger partial charge in [-0.25, -0.2) is 4.39 Å². The van der Waals surface area contributed by atoms with Gasteiger partial charge < -0.3 is 15.0 Å². The van der Waals surface area contributed by atoms with E-state index in [0.717, 1.165) is 17.3 Å². The van der Waals surface area contributed by atoms with Crippen molar-refractivity contribution in [1.29, 1.82) is 0 Å². The van der Waals surface area contributed by atoms with E-state index in [-0.39, 0.29) is 30.8 Å². The molecule has 2 rings (SSSR count). The third-order valence-electron chi connectivity index (χ3n) is 4.51. The minimum Gasteiger partial charge on any atom is -0.482 e. The number of amides is 2. The molecule has 0 aliphatic carbocycles. The van der Waals surface area contributed by atoms with Crippen LogP contribution in [0.4, 0.5) is 4.39 Å². The second kappa shape index (κ2) is 11.9. The third-order valence-corrected chi connectivity index (χ3v) is 5.30. The van der Waals surface area contributed by atoms with E-state index in [1.165, 1.54) is 17.0 Å². The summed E-state index contributed by atoms with van der Waals surface area (Å²) in [5, 5.41) is 3.21. The molecule has 30 heavy (non-hydrogen) atoms. The summed E-state index contributed by atoms with van der Waals surface area (Å²) in [7, 11) is 0. The topological polar surface area (TPSA) is 58.6 Å². The molecule has 0 bridgehead atoms. The molecule has 0 fully saturated rings. The Hall–Kier alpha value is -2.12. The lowest BCUT2D eigenvalue weighted by atomic mass is 10.1. The van der Waals surface area contributed by atoms with Crippen LogP contribution < -0.4 is 10.1 Å². The monoisotopic (exact) mass is 498 g/mol. The van der Waals surface area contributed by atoms with Crippen molar-refractivity contribution in [2.24, 2.45) is 0 Å². The molecule has 2 amide bonds. The van der Waals surface area contributed by atoms with Crippen LogP contribution in [0.3, 0.4) is 0 Å². The Morgan fingerprint density at radius 2 is 1.93 bits per heavy atom. The first-order chi connectivity index (χ1) is 14.3. The second-order valence-electron chi connectivity index (χ2n) is 6.83. The molecule has 0 saturated carbocycles. The highest BCUT2D eigenvalue weighted by Gasteiger charge is 2.26. The predicted molar refractivity (Wildman–Crippen MR) is 119 cm³/mol. The maximum absolute atomic E-state index is 13.2. The molecule has 1 unspecified atom stereocenters. The van der Waals surface area contributed by atoms with Gasteiger partial charge in [-0.05, 0) is 49.2 Å². The van der Waals surface area contributed by atoms with E-state index in [9.17, 15) is 14.0 Å². The zero-order valence-electron chi connectivity index (χ0n) is 17.0. The SMILES string of the molecule is CCCCNC(=O)C(C)N(Cc1ccc(F)cc1)C(=O)COc1ccc(Br)cc1Cl. The Morgan fingerprint density at radius 3 is 2.57 bits per heavy atom. The Bertz CT molecular complexity index is 864. The summed E-state index contributed by atoms with van der Waals surface area (Å²) in [6.07, 6.45) is 1.81. The van der Waals surface area contributed by atoms with Gasteiger partial charge in [0.15, 0.2) is 6.61 Å². The van der Waals surface area contributed by atoms with Gasteiger partial charge in [-0.1, -0.05) is 53.0 Å². The summed E-state index contributed by atoms with van der Waals surface area (Å²) in [5.74, 6) is -0.623. The lowest BCUT2D eigenvalue weighted by Crippen LogP contribution is -2.49. The molecule has 0 aliphatic heterocycles. The number of nitrogens with zero attached hydrogens (tertiary/aromatic N) is 1. The molecule has 1 N–H and O–H groups in total. The maximum Gasteiger partial charge on any atom is 0.261 e. The number of hydrogen-bond acceptors (Lipinski definition) is 3. The van der Waals surface area contributed by atoms with Gasteiger partial charge in [-0.15, -0.1) is 0 Å². The number of nitrogens with one attached hydrogen (secondary N) is 1. The van der Waals surface area contributed by atoms with Gasteiger partial charge in [-0.3, -0.25) is 9.59 Å². The molecular weight excluding hydrogens is 475 g/mol. The number of rotatable bonds is 10. The minimum atomic E-state index is -0.719. The third kappa shape index (κ3) is 7.29. The van der Waals surface area contributed by atoms with E-state index < -0.39 is 6.04 Å². The summed E-state index contributed by atoms with van der Waals surface area (Å²) in [6, 6.07) is 10.2. The van der Waals surface area contributed by atoms with E-state index in [0.29, 0.717) is 22.9 Å². The lowest BCUT2D eigenvalue weighted by Gasteiger charge is -2.28. The first-order valence-electron chi connectivity index (χ1n) is 9.71. The molecule has 8 heteroatoms. The van der Waals surface area contributed by atoms with E-state index in [1.807, 2.05) is 6.92 Å². The summed E-state index contributed by atoms with van der Waals surface area (Å²) >= 11 is 9.46. The van der Waals surface area contributed by atoms with Gasteiger partial charge in [0.05, 0.1) is 5.02 Å². The largest absolute Gasteiger partial charge is 0.482 e. The van der Waals surface area contributed by atoms with Crippen molar-refractivity contribution in [1.82, 2.24) is 10.2 Å². The molecule has 5 nitrogen and oxygen atoms in total. The predicted octanol–water partition coefficient (Wildman–Crippen LogP) is 4.95. The van der Waals surface area contributed by atoms with Crippen molar-refractivity contribution in [3.05, 3.63) is 63.3 Å². The van der Waals surface area contributed by atoms with Crippen LogP contribution in [0.15, 0.2) is 46.9 Å². The zero-order chi connectivity index (χ0) is 22.1. The zero-order valence-corrected chi connectivity index (χ0v) is 19.3. The van der Waals surface area contributed by atoms with Gasteiger partial charge >= 0.3 is 0 Å². The number of carbonyl (C=O) groups is 2. The number of benzene rings is 2. The summed E-state index contributed by atoms with van der Waals surface area (Å²) in [6.45, 7) is 4.11. The van der Waals surface area contributed by atoms with Gasteiger partial charge in [0.2, 0.25) is 5.91 Å². The highest BCUT2D eigenvalue weighted by molar-refractivity contribution is 9.10. The summed E-state index contributed by atoms with van der Waals surface area (Å²) in [5.41, 5.74) is 0.708. The molecule has 0 heterocycles. The van der Waals surface area contributed by atoms with Crippen molar-refractivity contribution in [3.8, 4) is 5.75 Å². The molecular formula is C22H25BrClFN2O3. The number of unbranched alkanes of at least 4 members (excludes halogenated alkanes) is 1. The van der Waals surface area contributed by atoms with Crippen molar-refractivity contribution in [2.45, 2.75) is 39.3 Å². The smallest absolute Gasteiger partial charge is 0.261 e. The highest BCUT2D eigenvalue weighted by atomic mass is 79.9. The molecule has 0 saturated heterocycles. The van der Waals surface area contributed by atoms with Crippen molar-refractivity contribution < 1.29 is 18.7 Å². The van der Waals surface area contributed by atoms with Crippen molar-refractivity contribution in [3.63, 3.8) is 0 Å². The van der Waals surface area contributed by atoms with Crippen LogP contribution in [0.2, 0.25) is 5.02 Å². The quantitative estimate of drug-likeness (QED) is 0.470. The van der Waals surface area contributed by atoms with E-state index in [2.05, 4.69) is 21.2 Å². The number of halogens is 3. The van der Waals surface area contributed by atoms with Crippen molar-refractivity contribution in [2.75, 3.05) is 13.2 Å². The van der Waals surface area contributed by atoms with E-state index >= 15 is 0 Å². The number of hydrogen-bond donors (Lipinski definition) is 1. The minimum absolute atomic E-state index is 0.152. The molecule has 162 valence electrons. The number of ether oxygens (including phenoxy) is 1. The summed E-state index contributed by atoms with van der Waals surface area (Å²) in [4.78, 5) is 26.9. The van der Waals surface area contributed by atoms with Crippen LogP contribution in [0.5, 0.6) is 5.75 Å². The van der Waals surface area contributed by atoms with Crippen LogP contribution in [-0.2, 0) is 16.1 Å². The molecule has 0 spiro atoms. The first-order valence-corrected chi connectivity index (χ1v) is 10.9. The van der Waals surface area contributed by atoms with E-state index in [1.54, 1.807) is 37.3 Å². The van der Waals surface area contributed by atoms with Crippen LogP contribution in [-0.4, -0.2) is 35.9 Å². The van der Waals surface area contributed by atoms with Gasteiger partial charge in [-0.2, -0.15) is 0 Å². The first kappa shape index (κ1) is 24.2. The number of carbonyl (C=O) groups excluding carboxylic acids is 2. The molecule has 0 aliphatic rings. The summed E-state index contributed by atoms with van der Waals surface area (Å²) < 4.78 is 19.6. The average molecular weight is 500 g/mol. The second-order valence-corrected chi connectivity index (χ2v) is 8.15. The Balaban J connectivity index is 2.12. The average Bonchev–Trinajstić information content (AvgIpc) is 2.72. The molecule has 2 aromatic rings. The maximum atomic E-state index is 13.2. The Morgan fingerprint density at radius 1 is 1.23 bits per heavy atom. The van der Waals surface area contributed by atoms with Gasteiger partial charge in [0.25, 0.3) is 5.91 Å². The van der Waals surface area contributed by atoms with Crippen LogP contribution in [0.25, 0.3) is 0 Å². The Kier molecular flexibility index (Phi) is 9.59. The van der Waals surface area contributed by atoms with Crippen LogP contribution in [0, 0.1) is 5.82 Å². The standard InChI is InChI=1S/C22H25BrClFN2O3/c1-3-4-11-26-22(29)15(2)27(13-16-5-8-18(25)9-6-16)21(28)14-30-20-10-7-17(23)12-19(20)24/h5-10,12,15H,3-4,11,13-14H2,1-2H3,(H,26,29). The van der Waals surface area contributed by atoms with Gasteiger partial charge in [0.1, 0.15) is 17.6 Å².